The van der Waals surface area contributed by atoms with Crippen LogP contribution in [0.5, 0.6) is 0 Å². The van der Waals surface area contributed by atoms with Crippen molar-refractivity contribution in [2.45, 2.75) is 20.3 Å². The second kappa shape index (κ2) is 6.82. The zero-order valence-electron chi connectivity index (χ0n) is 8.23. The first kappa shape index (κ1) is 13.4. The van der Waals surface area contributed by atoms with Gasteiger partial charge in [0.05, 0.1) is 12.1 Å². The fourth-order valence-corrected chi connectivity index (χ4v) is 4.96. The van der Waals surface area contributed by atoms with Crippen LogP contribution in [-0.4, -0.2) is 29.6 Å². The van der Waals surface area contributed by atoms with Crippen molar-refractivity contribution in [3.8, 4) is 0 Å². The van der Waals surface area contributed by atoms with E-state index in [-0.39, 0.29) is 0 Å². The molecule has 0 amide bonds. The average Bonchev–Trinajstić information content (AvgIpc) is 2.14. The Bertz CT molecular complexity index is 201. The van der Waals surface area contributed by atoms with Crippen LogP contribution < -0.4 is 0 Å². The van der Waals surface area contributed by atoms with Gasteiger partial charge in [-0.25, -0.2) is 0 Å². The Morgan fingerprint density at radius 3 is 2.62 bits per heavy atom. The van der Waals surface area contributed by atoms with Gasteiger partial charge in [-0.05, 0) is 24.7 Å². The summed E-state index contributed by atoms with van der Waals surface area (Å²) in [6, 6.07) is 0. The van der Waals surface area contributed by atoms with Crippen LogP contribution in [0.1, 0.15) is 20.3 Å². The Labute approximate surface area is 89.5 Å². The smallest absolute Gasteiger partial charge is 0.306 e. The van der Waals surface area contributed by atoms with E-state index in [4.69, 9.17) is 16.7 Å². The summed E-state index contributed by atoms with van der Waals surface area (Å²) in [7, 11) is 1.69. The van der Waals surface area contributed by atoms with Crippen LogP contribution in [0.15, 0.2) is 0 Å². The van der Waals surface area contributed by atoms with Gasteiger partial charge in [0.25, 0.3) is 0 Å². The largest absolute Gasteiger partial charge is 0.353 e. The van der Waals surface area contributed by atoms with Crippen molar-refractivity contribution >= 4 is 35.8 Å². The van der Waals surface area contributed by atoms with Gasteiger partial charge < -0.3 is 4.52 Å². The molecule has 0 aliphatic heterocycles. The molecule has 78 valence electrons. The number of nitrogens with zero attached hydrogens (tertiary/aromatic N) is 1. The minimum absolute atomic E-state index is 0.446. The van der Waals surface area contributed by atoms with Crippen molar-refractivity contribution in [2.24, 2.45) is 0 Å². The van der Waals surface area contributed by atoms with Gasteiger partial charge in [-0.3, -0.25) is 9.24 Å². The summed E-state index contributed by atoms with van der Waals surface area (Å²) < 4.78 is 18.8. The van der Waals surface area contributed by atoms with E-state index in [0.29, 0.717) is 6.61 Å². The summed E-state index contributed by atoms with van der Waals surface area (Å²) in [5.74, 6) is 0.824. The first-order valence-electron chi connectivity index (χ1n) is 4.18. The van der Waals surface area contributed by atoms with E-state index < -0.39 is 6.72 Å². The Hall–Kier alpha value is 0.430. The van der Waals surface area contributed by atoms with Crippen LogP contribution in [0.2, 0.25) is 0 Å². The summed E-state index contributed by atoms with van der Waals surface area (Å²) in [4.78, 5) is 0. The van der Waals surface area contributed by atoms with Gasteiger partial charge in [-0.15, -0.1) is 0 Å². The maximum atomic E-state index is 12.1. The van der Waals surface area contributed by atoms with E-state index in [1.807, 2.05) is 13.8 Å². The third-order valence-electron chi connectivity index (χ3n) is 1.29. The quantitative estimate of drug-likeness (QED) is 0.504. The predicted octanol–water partition coefficient (Wildman–Crippen LogP) is 3.16. The van der Waals surface area contributed by atoms with Gasteiger partial charge in [-0.1, -0.05) is 19.1 Å². The molecule has 0 bridgehead atoms. The van der Waals surface area contributed by atoms with Crippen LogP contribution in [0.3, 0.4) is 0 Å². The van der Waals surface area contributed by atoms with Crippen LogP contribution in [-0.2, 0) is 9.09 Å². The Morgan fingerprint density at radius 1 is 1.62 bits per heavy atom. The molecule has 0 aliphatic rings. The molecule has 0 N–H and O–H groups in total. The van der Waals surface area contributed by atoms with Crippen molar-refractivity contribution in [1.29, 1.82) is 0 Å². The molecule has 0 saturated carbocycles. The highest BCUT2D eigenvalue weighted by Crippen LogP contribution is 2.61. The average molecular weight is 241 g/mol. The predicted molar refractivity (Wildman–Crippen MR) is 63.4 cm³/mol. The molecule has 0 aromatic heterocycles. The van der Waals surface area contributed by atoms with Crippen molar-refractivity contribution < 1.29 is 9.09 Å². The third-order valence-corrected chi connectivity index (χ3v) is 6.77. The fraction of sp³-hybridized carbons (Fsp3) is 0.857. The molecule has 0 aromatic rings. The minimum Gasteiger partial charge on any atom is -0.306 e. The summed E-state index contributed by atoms with van der Waals surface area (Å²) in [5, 5.41) is 0. The van der Waals surface area contributed by atoms with Gasteiger partial charge in [0.1, 0.15) is 0 Å². The lowest BCUT2D eigenvalue weighted by Crippen LogP contribution is -2.11. The lowest BCUT2D eigenvalue weighted by molar-refractivity contribution is 0.325. The van der Waals surface area contributed by atoms with Gasteiger partial charge in [0, 0.05) is 12.8 Å². The monoisotopic (exact) mass is 241 g/mol. The molecule has 0 aromatic carbocycles. The van der Waals surface area contributed by atoms with Gasteiger partial charge in [0.15, 0.2) is 0 Å². The zero-order chi connectivity index (χ0) is 10.3. The first-order chi connectivity index (χ1) is 6.10. The van der Waals surface area contributed by atoms with E-state index in [9.17, 15) is 4.57 Å². The SMILES string of the molecule is CCCSP(=O)(OCC)N(C)C=S. The molecular weight excluding hydrogens is 225 g/mol. The minimum atomic E-state index is -2.74. The van der Waals surface area contributed by atoms with Crippen molar-refractivity contribution in [2.75, 3.05) is 19.4 Å². The van der Waals surface area contributed by atoms with Gasteiger partial charge in [-0.2, -0.15) is 0 Å². The normalized spacial score (nSPS) is 15.0. The summed E-state index contributed by atoms with van der Waals surface area (Å²) in [6.45, 7) is 1.58. The molecule has 13 heavy (non-hydrogen) atoms. The second-order valence-electron chi connectivity index (χ2n) is 2.40. The molecule has 1 atom stereocenters. The molecule has 0 saturated heterocycles. The van der Waals surface area contributed by atoms with Crippen LogP contribution in [0.25, 0.3) is 0 Å². The maximum Gasteiger partial charge on any atom is 0.353 e. The van der Waals surface area contributed by atoms with E-state index in [1.54, 1.807) is 7.05 Å². The van der Waals surface area contributed by atoms with Crippen molar-refractivity contribution in [3.05, 3.63) is 0 Å². The lowest BCUT2D eigenvalue weighted by Gasteiger charge is -2.23. The molecule has 0 spiro atoms. The van der Waals surface area contributed by atoms with E-state index in [0.717, 1.165) is 12.2 Å². The highest BCUT2D eigenvalue weighted by Gasteiger charge is 2.26. The molecule has 0 aliphatic carbocycles. The topological polar surface area (TPSA) is 29.5 Å². The van der Waals surface area contributed by atoms with Crippen molar-refractivity contribution in [3.63, 3.8) is 0 Å². The van der Waals surface area contributed by atoms with E-state index >= 15 is 0 Å². The molecule has 0 fully saturated rings. The third kappa shape index (κ3) is 4.45. The summed E-state index contributed by atoms with van der Waals surface area (Å²) in [5.41, 5.74) is 1.37. The van der Waals surface area contributed by atoms with Crippen LogP contribution in [0.4, 0.5) is 0 Å². The highest BCUT2D eigenvalue weighted by molar-refractivity contribution is 8.56. The van der Waals surface area contributed by atoms with Crippen molar-refractivity contribution in [1.82, 2.24) is 4.67 Å². The standard InChI is InChI=1S/C7H16NO2PS2/c1-4-6-13-11(9,10-5-2)8(3)7-12/h7H,4-6H2,1-3H3. The molecule has 1 unspecified atom stereocenters. The molecule has 6 heteroatoms. The van der Waals surface area contributed by atoms with Crippen LogP contribution in [0, 0.1) is 0 Å². The Morgan fingerprint density at radius 2 is 2.23 bits per heavy atom. The zero-order valence-corrected chi connectivity index (χ0v) is 10.8. The number of thiocarbonyl (C=S) groups is 1. The lowest BCUT2D eigenvalue weighted by atomic mass is 10.6. The molecule has 0 rings (SSSR count). The fourth-order valence-electron chi connectivity index (χ4n) is 0.647. The van der Waals surface area contributed by atoms with Crippen LogP contribution >= 0.6 is 30.3 Å². The van der Waals surface area contributed by atoms with Gasteiger partial charge in [0.2, 0.25) is 0 Å². The summed E-state index contributed by atoms with van der Waals surface area (Å²) in [6.07, 6.45) is 0.979. The molecule has 0 radical (unpaired) electrons. The number of hydrogen-bond acceptors (Lipinski definition) is 4. The second-order valence-corrected chi connectivity index (χ2v) is 7.26. The maximum absolute atomic E-state index is 12.1. The Balaban J connectivity index is 4.32. The Kier molecular flexibility index (Phi) is 7.05. The van der Waals surface area contributed by atoms with E-state index in [2.05, 4.69) is 0 Å². The summed E-state index contributed by atoms with van der Waals surface area (Å²) >= 11 is 6.07. The number of hydrogen-bond donors (Lipinski definition) is 0. The molecule has 0 heterocycles. The number of rotatable bonds is 7. The molecule has 3 nitrogen and oxygen atoms in total. The van der Waals surface area contributed by atoms with E-state index in [1.165, 1.54) is 21.5 Å². The van der Waals surface area contributed by atoms with Gasteiger partial charge >= 0.3 is 6.72 Å². The molecular formula is C7H16NO2PS2. The highest BCUT2D eigenvalue weighted by atomic mass is 32.7. The first-order valence-corrected chi connectivity index (χ1v) is 7.82.